The van der Waals surface area contributed by atoms with Gasteiger partial charge in [0.25, 0.3) is 32.1 Å². The predicted octanol–water partition coefficient (Wildman–Crippen LogP) is 2.20. The first-order chi connectivity index (χ1) is 24.4. The highest BCUT2D eigenvalue weighted by atomic mass is 79.9. The Kier molecular flexibility index (Phi) is 11.4. The number of carbonyl (C=O) groups excluding carboxylic acids is 3. The summed E-state index contributed by atoms with van der Waals surface area (Å²) >= 11 is 3.70. The van der Waals surface area contributed by atoms with Gasteiger partial charge < -0.3 is 20.3 Å². The molecule has 294 valence electrons. The van der Waals surface area contributed by atoms with Gasteiger partial charge in [0.1, 0.15) is 12.1 Å². The van der Waals surface area contributed by atoms with E-state index in [4.69, 9.17) is 13.8 Å². The van der Waals surface area contributed by atoms with Crippen LogP contribution in [0.1, 0.15) is 58.1 Å². The Labute approximate surface area is 317 Å². The van der Waals surface area contributed by atoms with Gasteiger partial charge in [-0.2, -0.15) is 16.8 Å². The van der Waals surface area contributed by atoms with Gasteiger partial charge in [0.05, 0.1) is 23.0 Å². The van der Waals surface area contributed by atoms with Crippen molar-refractivity contribution in [2.45, 2.75) is 83.1 Å². The summed E-state index contributed by atoms with van der Waals surface area (Å²) in [4.78, 5) is 50.8. The molecule has 16 nitrogen and oxygen atoms in total. The van der Waals surface area contributed by atoms with Crippen molar-refractivity contribution >= 4 is 70.4 Å². The van der Waals surface area contributed by atoms with Crippen LogP contribution in [0.3, 0.4) is 0 Å². The topological polar surface area (TPSA) is 227 Å². The zero-order valence-corrected chi connectivity index (χ0v) is 33.9. The highest BCUT2D eigenvalue weighted by Crippen LogP contribution is 2.49. The lowest BCUT2D eigenvalue weighted by molar-refractivity contribution is -0.322. The number of hydrogen-bond acceptors (Lipinski definition) is 10. The van der Waals surface area contributed by atoms with Crippen LogP contribution in [0.5, 0.6) is 0 Å². The summed E-state index contributed by atoms with van der Waals surface area (Å²) in [6.45, 7) is 8.57. The number of nitrogens with one attached hydrogen (secondary N) is 2. The summed E-state index contributed by atoms with van der Waals surface area (Å²) in [6.07, 6.45) is 5.92. The van der Waals surface area contributed by atoms with E-state index in [0.717, 1.165) is 34.1 Å². The quantitative estimate of drug-likeness (QED) is 0.273. The SMILES string of the molecule is CC(C)C[C@H]1C(=O)N2CCC[C@H]2[C@]2(O)O[C@](NC(=O)[C@@H]3C=C4c5cccc6[nH]c(Br)c(c56)C[C@H]4N(C)C3)(C(C)C)C(=O)N12.CS(=O)(=O)O.CS(=O)(=O)O. The molecule has 4 aliphatic heterocycles. The molecule has 0 unspecified atom stereocenters. The Balaban J connectivity index is 0.000000481. The largest absolute Gasteiger partial charge is 0.349 e. The highest BCUT2D eigenvalue weighted by molar-refractivity contribution is 9.10. The Morgan fingerprint density at radius 3 is 2.32 bits per heavy atom. The fourth-order valence-electron chi connectivity index (χ4n) is 8.15. The number of halogens is 1. The number of rotatable bonds is 5. The smallest absolute Gasteiger partial charge is 0.281 e. The third kappa shape index (κ3) is 8.08. The second kappa shape index (κ2) is 14.6. The van der Waals surface area contributed by atoms with Crippen LogP contribution < -0.4 is 5.32 Å². The standard InChI is InChI=1S/C32H40BrN5O5.2CH4O3S/c1-16(2)12-24-29(40)37-11-7-10-25(37)32(42)38(24)30(41)31(43-32,17(3)4)35-28(39)18-13-20-19-8-6-9-22-26(19)21(27(33)34-22)14-23(20)36(5)15-18;2*1-5(2,3)4/h6,8-9,13,16-18,23-25,34,42H,7,10-12,14-15H2,1-5H3,(H,35,39);2*1H3,(H,2,3,4)/t18-,23-,24+,25+,31-,32+;;/m1../s1. The van der Waals surface area contributed by atoms with Crippen molar-refractivity contribution in [3.05, 3.63) is 40.0 Å². The number of benzene rings is 1. The number of aromatic nitrogens is 1. The molecule has 5 heterocycles. The van der Waals surface area contributed by atoms with Crippen molar-refractivity contribution in [2.75, 3.05) is 32.6 Å². The molecule has 0 radical (unpaired) electrons. The first-order valence-electron chi connectivity index (χ1n) is 17.3. The fourth-order valence-corrected chi connectivity index (χ4v) is 8.72. The zero-order chi connectivity index (χ0) is 39.6. The average Bonchev–Trinajstić information content (AvgIpc) is 3.69. The van der Waals surface area contributed by atoms with E-state index < -0.39 is 61.7 Å². The Hall–Kier alpha value is -2.91. The molecule has 3 saturated heterocycles. The van der Waals surface area contributed by atoms with Gasteiger partial charge in [0, 0.05) is 36.0 Å². The van der Waals surface area contributed by atoms with Gasteiger partial charge in [-0.15, -0.1) is 0 Å². The molecule has 1 aromatic heterocycles. The summed E-state index contributed by atoms with van der Waals surface area (Å²) in [6, 6.07) is 4.76. The second-order valence-electron chi connectivity index (χ2n) is 15.2. The lowest BCUT2D eigenvalue weighted by atomic mass is 9.79. The normalized spacial score (nSPS) is 29.6. The first-order valence-corrected chi connectivity index (χ1v) is 21.8. The average molecular weight is 847 g/mol. The van der Waals surface area contributed by atoms with E-state index in [1.807, 2.05) is 33.0 Å². The number of aromatic amines is 1. The zero-order valence-electron chi connectivity index (χ0n) is 30.7. The lowest BCUT2D eigenvalue weighted by Gasteiger charge is -2.49. The number of nitrogens with zero attached hydrogens (tertiary/aromatic N) is 3. The molecule has 3 amide bonds. The Bertz CT molecular complexity index is 2010. The summed E-state index contributed by atoms with van der Waals surface area (Å²) in [7, 11) is -5.31. The molecule has 0 bridgehead atoms. The minimum Gasteiger partial charge on any atom is -0.349 e. The van der Waals surface area contributed by atoms with Gasteiger partial charge in [-0.25, -0.2) is 0 Å². The van der Waals surface area contributed by atoms with Gasteiger partial charge in [0.2, 0.25) is 17.5 Å². The van der Waals surface area contributed by atoms with E-state index in [9.17, 15) is 36.3 Å². The number of H-pyrrole nitrogens is 1. The second-order valence-corrected chi connectivity index (χ2v) is 18.9. The van der Waals surface area contributed by atoms with Crippen molar-refractivity contribution < 1.29 is 50.2 Å². The number of amides is 3. The van der Waals surface area contributed by atoms with Gasteiger partial charge in [0.15, 0.2) is 0 Å². The van der Waals surface area contributed by atoms with Crippen molar-refractivity contribution in [3.63, 3.8) is 0 Å². The summed E-state index contributed by atoms with van der Waals surface area (Å²) in [5, 5.41) is 16.3. The van der Waals surface area contributed by atoms with E-state index in [2.05, 4.69) is 43.3 Å². The molecule has 7 rings (SSSR count). The predicted molar refractivity (Wildman–Crippen MR) is 199 cm³/mol. The molecule has 2 aromatic rings. The van der Waals surface area contributed by atoms with Crippen LogP contribution in [0.2, 0.25) is 0 Å². The minimum absolute atomic E-state index is 0.104. The molecule has 5 N–H and O–H groups in total. The van der Waals surface area contributed by atoms with E-state index in [-0.39, 0.29) is 23.8 Å². The number of ether oxygens (including phenoxy) is 1. The van der Waals surface area contributed by atoms with Crippen molar-refractivity contribution in [1.82, 2.24) is 25.0 Å². The van der Waals surface area contributed by atoms with Gasteiger partial charge in [-0.05, 0) is 77.3 Å². The monoisotopic (exact) mass is 845 g/mol. The van der Waals surface area contributed by atoms with Crippen LogP contribution in [0.4, 0.5) is 0 Å². The maximum absolute atomic E-state index is 14.4. The number of carbonyl (C=O) groups is 3. The van der Waals surface area contributed by atoms with E-state index in [1.54, 1.807) is 18.7 Å². The Morgan fingerprint density at radius 1 is 1.11 bits per heavy atom. The summed E-state index contributed by atoms with van der Waals surface area (Å²) < 4.78 is 59.2. The molecule has 1 aliphatic carbocycles. The van der Waals surface area contributed by atoms with Crippen molar-refractivity contribution in [3.8, 4) is 0 Å². The van der Waals surface area contributed by atoms with Crippen molar-refractivity contribution in [1.29, 1.82) is 0 Å². The third-order valence-electron chi connectivity index (χ3n) is 10.3. The van der Waals surface area contributed by atoms with Gasteiger partial charge >= 0.3 is 0 Å². The number of fused-ring (bicyclic) bond motifs is 5. The third-order valence-corrected chi connectivity index (χ3v) is 10.9. The van der Waals surface area contributed by atoms with Crippen LogP contribution >= 0.6 is 15.9 Å². The molecule has 0 spiro atoms. The number of piperazine rings is 1. The molecule has 0 saturated carbocycles. The fraction of sp³-hybridized carbons (Fsp3) is 0.618. The van der Waals surface area contributed by atoms with Crippen LogP contribution in [0, 0.1) is 17.8 Å². The molecule has 1 aromatic carbocycles. The molecule has 53 heavy (non-hydrogen) atoms. The van der Waals surface area contributed by atoms with Crippen LogP contribution in [-0.4, -0.2) is 131 Å². The number of likely N-dealkylation sites (N-methyl/N-ethyl adjacent to an activating group) is 1. The maximum atomic E-state index is 14.4. The van der Waals surface area contributed by atoms with E-state index in [1.165, 1.54) is 15.8 Å². The Morgan fingerprint density at radius 2 is 1.74 bits per heavy atom. The van der Waals surface area contributed by atoms with Gasteiger partial charge in [-0.1, -0.05) is 45.9 Å². The first kappa shape index (κ1) is 41.3. The van der Waals surface area contributed by atoms with Gasteiger partial charge in [-0.3, -0.25) is 38.0 Å². The van der Waals surface area contributed by atoms with Crippen LogP contribution in [0.15, 0.2) is 28.9 Å². The molecule has 6 atom stereocenters. The summed E-state index contributed by atoms with van der Waals surface area (Å²) in [5.74, 6) is -4.01. The molecule has 19 heteroatoms. The van der Waals surface area contributed by atoms with Crippen LogP contribution in [-0.2, 0) is 45.8 Å². The minimum atomic E-state index is -3.67. The maximum Gasteiger partial charge on any atom is 0.281 e. The number of hydrogen-bond donors (Lipinski definition) is 5. The molecule has 5 aliphatic rings. The highest BCUT2D eigenvalue weighted by Gasteiger charge is 2.72. The molecular formula is C34H48BrN5O11S2. The lowest BCUT2D eigenvalue weighted by Crippen LogP contribution is -2.71. The molecule has 3 fully saturated rings. The van der Waals surface area contributed by atoms with Crippen LogP contribution in [0.25, 0.3) is 16.5 Å². The van der Waals surface area contributed by atoms with E-state index >= 15 is 0 Å². The van der Waals surface area contributed by atoms with E-state index in [0.29, 0.717) is 38.4 Å². The summed E-state index contributed by atoms with van der Waals surface area (Å²) in [5.41, 5.74) is 2.68. The van der Waals surface area contributed by atoms with Crippen molar-refractivity contribution in [2.24, 2.45) is 17.8 Å². The number of aliphatic hydroxyl groups is 1. The molecular weight excluding hydrogens is 798 g/mol.